The second-order valence-corrected chi connectivity index (χ2v) is 5.47. The van der Waals surface area contributed by atoms with Gasteiger partial charge in [0.2, 0.25) is 5.95 Å². The fourth-order valence-corrected chi connectivity index (χ4v) is 2.16. The Bertz CT molecular complexity index is 445. The van der Waals surface area contributed by atoms with Crippen LogP contribution in [0.25, 0.3) is 0 Å². The minimum absolute atomic E-state index is 0.0500. The Morgan fingerprint density at radius 2 is 2.10 bits per heavy atom. The van der Waals surface area contributed by atoms with E-state index in [1.807, 2.05) is 13.8 Å². The number of aromatic nitrogens is 2. The highest BCUT2D eigenvalue weighted by molar-refractivity contribution is 6.01. The molecule has 1 atom stereocenters. The fraction of sp³-hybridized carbons (Fsp3) is 0.667. The van der Waals surface area contributed by atoms with E-state index in [0.29, 0.717) is 11.3 Å². The zero-order chi connectivity index (χ0) is 15.1. The molecule has 0 radical (unpaired) electrons. The minimum Gasteiger partial charge on any atom is -0.368 e. The molecule has 3 N–H and O–H groups in total. The van der Waals surface area contributed by atoms with E-state index in [-0.39, 0.29) is 23.7 Å². The molecule has 5 heteroatoms. The number of unbranched alkanes of at least 4 members (excludes halogenated alkanes) is 2. The highest BCUT2D eigenvalue weighted by atomic mass is 16.1. The summed E-state index contributed by atoms with van der Waals surface area (Å²) >= 11 is 0. The summed E-state index contributed by atoms with van der Waals surface area (Å²) in [6.07, 6.45) is 4.97. The number of hydrogen-bond acceptors (Lipinski definition) is 5. The van der Waals surface area contributed by atoms with Gasteiger partial charge in [-0.3, -0.25) is 4.79 Å². The van der Waals surface area contributed by atoms with Gasteiger partial charge < -0.3 is 11.1 Å². The number of anilines is 1. The van der Waals surface area contributed by atoms with Crippen LogP contribution in [0.5, 0.6) is 0 Å². The number of nitrogens with one attached hydrogen (secondary N) is 1. The van der Waals surface area contributed by atoms with Gasteiger partial charge in [0.1, 0.15) is 0 Å². The Balaban J connectivity index is 2.77. The Morgan fingerprint density at radius 3 is 2.65 bits per heavy atom. The van der Waals surface area contributed by atoms with Crippen LogP contribution in [0.3, 0.4) is 0 Å². The predicted octanol–water partition coefficient (Wildman–Crippen LogP) is 2.35. The third-order valence-electron chi connectivity index (χ3n) is 3.36. The van der Waals surface area contributed by atoms with Crippen LogP contribution < -0.4 is 11.1 Å². The van der Waals surface area contributed by atoms with Crippen LogP contribution in [0.4, 0.5) is 5.95 Å². The summed E-state index contributed by atoms with van der Waals surface area (Å²) in [5.74, 6) is 0.478. The van der Waals surface area contributed by atoms with Crippen LogP contribution in [-0.2, 0) is 0 Å². The van der Waals surface area contributed by atoms with Crippen LogP contribution in [0.1, 0.15) is 56.1 Å². The summed E-state index contributed by atoms with van der Waals surface area (Å²) in [6.45, 7) is 8.91. The van der Waals surface area contributed by atoms with Crippen LogP contribution in [-0.4, -0.2) is 28.3 Å². The zero-order valence-electron chi connectivity index (χ0n) is 12.9. The highest BCUT2D eigenvalue weighted by Crippen LogP contribution is 2.13. The van der Waals surface area contributed by atoms with Gasteiger partial charge in [-0.2, -0.15) is 0 Å². The van der Waals surface area contributed by atoms with Crippen molar-refractivity contribution < 1.29 is 4.79 Å². The monoisotopic (exact) mass is 278 g/mol. The van der Waals surface area contributed by atoms with E-state index in [9.17, 15) is 4.79 Å². The van der Waals surface area contributed by atoms with E-state index in [4.69, 9.17) is 5.73 Å². The SMILES string of the molecule is CCCCCNC(C(=O)c1cnc(N)nc1C)C(C)C. The third kappa shape index (κ3) is 4.56. The number of nitrogens with zero attached hydrogens (tertiary/aromatic N) is 2. The van der Waals surface area contributed by atoms with Gasteiger partial charge in [0.05, 0.1) is 17.3 Å². The molecule has 0 spiro atoms. The van der Waals surface area contributed by atoms with Crippen molar-refractivity contribution in [3.8, 4) is 0 Å². The van der Waals surface area contributed by atoms with Crippen LogP contribution in [0.15, 0.2) is 6.20 Å². The minimum atomic E-state index is -0.196. The molecule has 0 bridgehead atoms. The lowest BCUT2D eigenvalue weighted by Gasteiger charge is -2.21. The molecule has 0 amide bonds. The molecule has 112 valence electrons. The maximum absolute atomic E-state index is 12.6. The maximum Gasteiger partial charge on any atom is 0.220 e. The van der Waals surface area contributed by atoms with Gasteiger partial charge >= 0.3 is 0 Å². The lowest BCUT2D eigenvalue weighted by Crippen LogP contribution is -2.42. The number of aryl methyl sites for hydroxylation is 1. The second-order valence-electron chi connectivity index (χ2n) is 5.47. The molecule has 0 saturated heterocycles. The van der Waals surface area contributed by atoms with Crippen LogP contribution in [0, 0.1) is 12.8 Å². The number of ketones is 1. The van der Waals surface area contributed by atoms with Crippen molar-refractivity contribution in [2.24, 2.45) is 5.92 Å². The molecular formula is C15H26N4O. The fourth-order valence-electron chi connectivity index (χ4n) is 2.16. The molecular weight excluding hydrogens is 252 g/mol. The lowest BCUT2D eigenvalue weighted by atomic mass is 9.95. The Hall–Kier alpha value is -1.49. The largest absolute Gasteiger partial charge is 0.368 e. The van der Waals surface area contributed by atoms with E-state index < -0.39 is 0 Å². The Kier molecular flexibility index (Phi) is 6.58. The molecule has 5 nitrogen and oxygen atoms in total. The average Bonchev–Trinajstić information content (AvgIpc) is 2.37. The molecule has 0 aliphatic heterocycles. The molecule has 0 fully saturated rings. The molecule has 20 heavy (non-hydrogen) atoms. The molecule has 0 aliphatic carbocycles. The molecule has 1 heterocycles. The Labute approximate surface area is 121 Å². The first kappa shape index (κ1) is 16.6. The zero-order valence-corrected chi connectivity index (χ0v) is 12.9. The van der Waals surface area contributed by atoms with Crippen molar-refractivity contribution in [1.82, 2.24) is 15.3 Å². The van der Waals surface area contributed by atoms with Crippen molar-refractivity contribution in [2.45, 2.75) is 53.0 Å². The standard InChI is InChI=1S/C15H26N4O/c1-5-6-7-8-17-13(10(2)3)14(20)12-9-18-15(16)19-11(12)4/h9-10,13,17H,5-8H2,1-4H3,(H2,16,18,19). The molecule has 1 rings (SSSR count). The van der Waals surface area contributed by atoms with Gasteiger partial charge in [-0.1, -0.05) is 33.6 Å². The van der Waals surface area contributed by atoms with E-state index in [2.05, 4.69) is 22.2 Å². The van der Waals surface area contributed by atoms with E-state index >= 15 is 0 Å². The summed E-state index contributed by atoms with van der Waals surface area (Å²) in [4.78, 5) is 20.6. The summed E-state index contributed by atoms with van der Waals surface area (Å²) in [5, 5.41) is 3.36. The van der Waals surface area contributed by atoms with Crippen molar-refractivity contribution in [1.29, 1.82) is 0 Å². The normalized spacial score (nSPS) is 12.7. The summed E-state index contributed by atoms with van der Waals surface area (Å²) in [6, 6.07) is -0.196. The quantitative estimate of drug-likeness (QED) is 0.563. The predicted molar refractivity (Wildman–Crippen MR) is 81.7 cm³/mol. The van der Waals surface area contributed by atoms with Crippen LogP contribution >= 0.6 is 0 Å². The lowest BCUT2D eigenvalue weighted by molar-refractivity contribution is 0.0915. The summed E-state index contributed by atoms with van der Waals surface area (Å²) in [5.41, 5.74) is 6.73. The van der Waals surface area contributed by atoms with Gasteiger partial charge in [0.15, 0.2) is 5.78 Å². The smallest absolute Gasteiger partial charge is 0.220 e. The number of rotatable bonds is 8. The average molecular weight is 278 g/mol. The number of carbonyl (C=O) groups excluding carboxylic acids is 1. The first-order valence-electron chi connectivity index (χ1n) is 7.34. The number of nitrogen functional groups attached to an aromatic ring is 1. The molecule has 0 aromatic carbocycles. The van der Waals surface area contributed by atoms with Crippen LogP contribution in [0.2, 0.25) is 0 Å². The second kappa shape index (κ2) is 7.94. The number of carbonyl (C=O) groups is 1. The van der Waals surface area contributed by atoms with Gasteiger partial charge in [0.25, 0.3) is 0 Å². The van der Waals surface area contributed by atoms with Gasteiger partial charge in [-0.15, -0.1) is 0 Å². The van der Waals surface area contributed by atoms with Gasteiger partial charge in [-0.25, -0.2) is 9.97 Å². The Morgan fingerprint density at radius 1 is 1.40 bits per heavy atom. The first-order chi connectivity index (χ1) is 9.47. The number of nitrogens with two attached hydrogens (primary N) is 1. The third-order valence-corrected chi connectivity index (χ3v) is 3.36. The molecule has 1 aromatic heterocycles. The van der Waals surface area contributed by atoms with E-state index in [1.165, 1.54) is 19.0 Å². The van der Waals surface area contributed by atoms with Crippen molar-refractivity contribution in [3.63, 3.8) is 0 Å². The molecule has 0 saturated carbocycles. The molecule has 1 aromatic rings. The maximum atomic E-state index is 12.6. The summed E-state index contributed by atoms with van der Waals surface area (Å²) < 4.78 is 0. The number of Topliss-reactive ketones (excluding diaryl/α,β-unsaturated/α-hetero) is 1. The van der Waals surface area contributed by atoms with Crippen molar-refractivity contribution in [2.75, 3.05) is 12.3 Å². The van der Waals surface area contributed by atoms with Crippen molar-refractivity contribution >= 4 is 11.7 Å². The highest BCUT2D eigenvalue weighted by Gasteiger charge is 2.24. The molecule has 0 aliphatic rings. The molecule has 1 unspecified atom stereocenters. The topological polar surface area (TPSA) is 80.9 Å². The van der Waals surface area contributed by atoms with Gasteiger partial charge in [0, 0.05) is 6.20 Å². The van der Waals surface area contributed by atoms with E-state index in [0.717, 1.165) is 13.0 Å². The number of hydrogen-bond donors (Lipinski definition) is 2. The summed E-state index contributed by atoms with van der Waals surface area (Å²) in [7, 11) is 0. The first-order valence-corrected chi connectivity index (χ1v) is 7.34. The van der Waals surface area contributed by atoms with E-state index in [1.54, 1.807) is 6.92 Å². The van der Waals surface area contributed by atoms with Gasteiger partial charge in [-0.05, 0) is 25.8 Å². The van der Waals surface area contributed by atoms with Crippen molar-refractivity contribution in [3.05, 3.63) is 17.5 Å².